The van der Waals surface area contributed by atoms with Crippen LogP contribution in [0, 0.1) is 86.8 Å². The number of hydrogen-bond acceptors (Lipinski definition) is 10. The fraction of sp³-hybridized carbons (Fsp3) is 0.750. The molecule has 1 aromatic rings. The van der Waals surface area contributed by atoms with Crippen molar-refractivity contribution in [2.75, 3.05) is 37.7 Å². The molecule has 0 amide bonds. The molecule has 3 saturated heterocycles. The molecule has 1 aromatic carbocycles. The Balaban J connectivity index is 0.966. The molecule has 5 spiro atoms. The number of nitrogens with two attached hydrogens (primary N) is 1. The van der Waals surface area contributed by atoms with Gasteiger partial charge in [-0.15, -0.1) is 0 Å². The van der Waals surface area contributed by atoms with Gasteiger partial charge in [0, 0.05) is 78.7 Å². The predicted octanol–water partition coefficient (Wildman–Crippen LogP) is 12.6. The Morgan fingerprint density at radius 1 is 0.865 bits per heavy atom. The number of nitrogens with zero attached hydrogens (tertiary/aromatic N) is 2. The summed E-state index contributed by atoms with van der Waals surface area (Å²) < 4.78 is 14.9. The van der Waals surface area contributed by atoms with Crippen LogP contribution in [0.5, 0.6) is 0 Å². The van der Waals surface area contributed by atoms with Crippen LogP contribution in [0.25, 0.3) is 0 Å². The molecule has 3 N–H and O–H groups in total. The van der Waals surface area contributed by atoms with E-state index in [-0.39, 0.29) is 47.1 Å². The Hall–Kier alpha value is -2.66. The number of rotatable bonds is 4. The lowest BCUT2D eigenvalue weighted by Gasteiger charge is -2.75. The number of allylic oxidation sites excluding steroid dienone is 4. The number of fused-ring (bicyclic) bond motifs is 6. The van der Waals surface area contributed by atoms with Crippen molar-refractivity contribution in [3.8, 4) is 0 Å². The molecule has 5 saturated carbocycles. The van der Waals surface area contributed by atoms with Crippen molar-refractivity contribution in [2.24, 2.45) is 92.5 Å². The largest absolute Gasteiger partial charge is 0.509 e. The number of ether oxygens (including phenoxy) is 2. The normalized spacial score (nSPS) is 48.4. The topological polar surface area (TPSA) is 105 Å². The van der Waals surface area contributed by atoms with E-state index in [0.29, 0.717) is 95.8 Å². The molecule has 394 valence electrons. The smallest absolute Gasteiger partial charge is 0.339 e. The second-order valence-corrected chi connectivity index (χ2v) is 31.1. The first-order valence-corrected chi connectivity index (χ1v) is 33.2. The molecule has 9 aliphatic carbocycles. The third kappa shape index (κ3) is 5.56. The molecule has 8 fully saturated rings. The van der Waals surface area contributed by atoms with Crippen LogP contribution in [0.15, 0.2) is 63.8 Å². The summed E-state index contributed by atoms with van der Waals surface area (Å²) in [6.45, 7) is 6.57. The predicted molar refractivity (Wildman–Crippen MR) is 290 cm³/mol. The van der Waals surface area contributed by atoms with Crippen molar-refractivity contribution in [1.29, 1.82) is 0 Å². The van der Waals surface area contributed by atoms with Gasteiger partial charge in [-0.2, -0.15) is 0 Å². The van der Waals surface area contributed by atoms with E-state index in [4.69, 9.17) is 15.2 Å². The summed E-state index contributed by atoms with van der Waals surface area (Å²) in [7, 11) is 4.35. The summed E-state index contributed by atoms with van der Waals surface area (Å²) in [5.41, 5.74) is 14.4. The van der Waals surface area contributed by atoms with Gasteiger partial charge in [-0.3, -0.25) is 9.69 Å². The molecule has 0 aromatic heterocycles. The zero-order valence-corrected chi connectivity index (χ0v) is 45.8. The number of carbonyl (C=O) groups is 2. The maximum atomic E-state index is 16.9. The Labute approximate surface area is 448 Å². The number of aliphatic hydroxyl groups is 1. The molecule has 20 rings (SSSR count). The van der Waals surface area contributed by atoms with E-state index >= 15 is 9.59 Å². The maximum absolute atomic E-state index is 16.9. The van der Waals surface area contributed by atoms with E-state index in [9.17, 15) is 5.11 Å². The van der Waals surface area contributed by atoms with Gasteiger partial charge in [0.15, 0.2) is 11.4 Å². The molecule has 8 nitrogen and oxygen atoms in total. The van der Waals surface area contributed by atoms with E-state index in [0.717, 1.165) is 62.2 Å². The molecule has 19 aliphatic rings. The molecule has 10 aliphatic heterocycles. The van der Waals surface area contributed by atoms with E-state index < -0.39 is 16.4 Å². The Bertz CT molecular complexity index is 2790. The highest BCUT2D eigenvalue weighted by molar-refractivity contribution is 8.76. The summed E-state index contributed by atoms with van der Waals surface area (Å²) in [6.07, 6.45) is 28.9. The fourth-order valence-corrected chi connectivity index (χ4v) is 26.7. The van der Waals surface area contributed by atoms with Gasteiger partial charge in [0.1, 0.15) is 11.2 Å². The van der Waals surface area contributed by atoms with Crippen molar-refractivity contribution >= 4 is 33.5 Å². The molecule has 16 bridgehead atoms. The lowest BCUT2D eigenvalue weighted by molar-refractivity contribution is -0.284. The third-order valence-corrected chi connectivity index (χ3v) is 28.7. The maximum Gasteiger partial charge on any atom is 0.339 e. The summed E-state index contributed by atoms with van der Waals surface area (Å²) in [5, 5.41) is 13.9. The highest BCUT2D eigenvalue weighted by Gasteiger charge is 2.94. The first kappa shape index (κ1) is 46.3. The number of piperidine rings is 2. The van der Waals surface area contributed by atoms with Crippen molar-refractivity contribution in [3.63, 3.8) is 0 Å². The van der Waals surface area contributed by atoms with Gasteiger partial charge in [-0.25, -0.2) is 4.79 Å². The number of aliphatic hydroxyl groups excluding tert-OH is 1. The van der Waals surface area contributed by atoms with Gasteiger partial charge < -0.3 is 25.2 Å². The first-order chi connectivity index (χ1) is 36.1. The average molecular weight is 1040 g/mol. The van der Waals surface area contributed by atoms with Crippen LogP contribution >= 0.6 is 21.6 Å². The van der Waals surface area contributed by atoms with E-state index in [1.54, 1.807) is 22.4 Å². The van der Waals surface area contributed by atoms with Gasteiger partial charge in [0.2, 0.25) is 0 Å². The van der Waals surface area contributed by atoms with Crippen LogP contribution in [0.4, 0.5) is 0 Å². The minimum atomic E-state index is -1.14. The van der Waals surface area contributed by atoms with Crippen LogP contribution in [-0.2, 0) is 26.3 Å². The van der Waals surface area contributed by atoms with Crippen LogP contribution < -0.4 is 5.73 Å². The number of benzene rings is 1. The average Bonchev–Trinajstić information content (AvgIpc) is 3.34. The molecular weight excluding hydrogens is 955 g/mol. The second-order valence-electron chi connectivity index (χ2n) is 28.5. The third-order valence-electron chi connectivity index (χ3n) is 26.1. The Morgan fingerprint density at radius 2 is 1.74 bits per heavy atom. The quantitative estimate of drug-likeness (QED) is 0.172. The van der Waals surface area contributed by atoms with Crippen LogP contribution in [0.3, 0.4) is 0 Å². The Kier molecular flexibility index (Phi) is 10.0. The van der Waals surface area contributed by atoms with Crippen molar-refractivity contribution < 1.29 is 24.2 Å². The van der Waals surface area contributed by atoms with Crippen LogP contribution in [0.2, 0.25) is 0 Å². The summed E-state index contributed by atoms with van der Waals surface area (Å²) >= 11 is 0. The summed E-state index contributed by atoms with van der Waals surface area (Å²) in [4.78, 5) is 38.4. The molecule has 74 heavy (non-hydrogen) atoms. The van der Waals surface area contributed by atoms with Gasteiger partial charge in [0.25, 0.3) is 0 Å². The van der Waals surface area contributed by atoms with Crippen molar-refractivity contribution in [2.45, 2.75) is 172 Å². The number of hydrogen-bond donors (Lipinski definition) is 2. The van der Waals surface area contributed by atoms with Crippen LogP contribution in [-0.4, -0.2) is 76.6 Å². The minimum absolute atomic E-state index is 0.112. The zero-order valence-electron chi connectivity index (χ0n) is 44.2. The minimum Gasteiger partial charge on any atom is -0.509 e. The molecule has 0 radical (unpaired) electrons. The lowest BCUT2D eigenvalue weighted by atomic mass is 9.26. The first-order valence-electron chi connectivity index (χ1n) is 30.8. The lowest BCUT2D eigenvalue weighted by Crippen LogP contribution is -2.78. The van der Waals surface area contributed by atoms with Gasteiger partial charge >= 0.3 is 11.9 Å². The molecule has 18 atom stereocenters. The highest BCUT2D eigenvalue weighted by Crippen LogP contribution is 2.90. The standard InChI is InChI=1S/C64H81N3O5S2/c1-35-22-38-13-14-49-42-23-36-30-66(32-42)50(39-15-19-60(27-39)17-4-5-18-60)26-51(68)57-62-20-16-45-54-47-29-61(35,55(45)56(38)67(49)31-36)28-43-34-74-73-33-40-8-2-3-11-44(40)41(24-46(43)47)25-52(63(54,62)59(70)71-57)64(62)48-12-6-9-37(10-7-21-65)53(48)58(69)72-64/h6,9,12,24,35-36,39-44,47,49-50,52,55,68H,2-5,7-8,10-11,13-23,25-34,65H2,1H3/t35-,36-,39+,40+,41-,42+,43-,44-,47-,49+,50-,52-,55+,61-,62+,63+,64+/m0/s1. The monoisotopic (exact) mass is 1040 g/mol. The molecule has 1 unspecified atom stereocenters. The molecule has 10 heterocycles. The summed E-state index contributed by atoms with van der Waals surface area (Å²) in [5.74, 6) is 7.08. The van der Waals surface area contributed by atoms with E-state index in [1.165, 1.54) is 114 Å². The summed E-state index contributed by atoms with van der Waals surface area (Å²) in [6, 6.07) is 7.26. The van der Waals surface area contributed by atoms with Crippen LogP contribution in [0.1, 0.15) is 170 Å². The van der Waals surface area contributed by atoms with Crippen molar-refractivity contribution in [1.82, 2.24) is 9.80 Å². The number of aryl methyl sites for hydroxylation is 1. The van der Waals surface area contributed by atoms with Gasteiger partial charge in [0.05, 0.1) is 11.0 Å². The highest BCUT2D eigenvalue weighted by atomic mass is 33.1. The number of carbonyl (C=O) groups excluding carboxylic acids is 2. The van der Waals surface area contributed by atoms with Gasteiger partial charge in [-0.05, 0) is 191 Å². The number of esters is 2. The fourth-order valence-electron chi connectivity index (χ4n) is 23.8. The second kappa shape index (κ2) is 16.0. The van der Waals surface area contributed by atoms with Gasteiger partial charge in [-0.1, -0.05) is 95.2 Å². The van der Waals surface area contributed by atoms with Crippen molar-refractivity contribution in [3.05, 3.63) is 80.5 Å². The molecular formula is C64H81N3O5S2. The molecule has 10 heteroatoms. The Morgan fingerprint density at radius 3 is 2.64 bits per heavy atom. The van der Waals surface area contributed by atoms with E-state index in [2.05, 4.69) is 62.6 Å². The van der Waals surface area contributed by atoms with E-state index in [1.807, 2.05) is 0 Å². The zero-order chi connectivity index (χ0) is 49.3. The SMILES string of the molecule is C[C@H]1CC2=C3[C@H]4C5=C6[C@H]7C[C@]41C[C@H]1CSSC[C@H]4CCCC[C@@H]4[C@@H](C=C17)C[C@H]1[C@]64C(=O)OC(=C(O)C[C@@H]([C@@H]6CCC7(CCCC7)C6)N6C[C@@H]7C[C@H](C6)[C@@H](CC2)N3C7)[C@@]4(CC5)[C@]12OC(=O)c1c(CCCN)cccc12.